The molecule has 2 atom stereocenters. The molecule has 2 saturated heterocycles. The monoisotopic (exact) mass is 764 g/mol. The van der Waals surface area contributed by atoms with E-state index in [0.29, 0.717) is 35.8 Å². The Bertz CT molecular complexity index is 2150. The molecule has 10 heterocycles. The summed E-state index contributed by atoms with van der Waals surface area (Å²) >= 11 is 0. The van der Waals surface area contributed by atoms with E-state index in [-0.39, 0.29) is 17.8 Å². The maximum Gasteiger partial charge on any atom is 0.356 e. The first-order chi connectivity index (χ1) is 27.3. The molecule has 4 aromatic heterocycles. The first-order valence-corrected chi connectivity index (χ1v) is 18.8. The minimum Gasteiger partial charge on any atom is -0.492 e. The standard InChI is InChI=1S/C20H21N5O4.C11H13N3O2.C8H10N2O/c1-28-19(26)14-4-5-15-18(22-14)25(13-6-7-24(15)11-13)20(27)23-17-9-12-3-2-8-29-16(12)10-21-17;1-16-11(15)8-2-3-9-10(13-8)12-7-4-5-14(9)6-7;9-8-4-6-2-1-3-11-7(6)5-10-8/h4-5,9-10,13H,2-3,6-8,11H2,1H3,(H,21,23,27);2-3,7H,4-6H2,1H3,(H,12,13);4-5H,1-3H2,(H2,9,10)/t13-;7-;/m00./s1. The summed E-state index contributed by atoms with van der Waals surface area (Å²) in [5.41, 5.74) is 10.2. The van der Waals surface area contributed by atoms with Gasteiger partial charge in [0.1, 0.15) is 23.1 Å². The molecule has 4 bridgehead atoms. The van der Waals surface area contributed by atoms with Gasteiger partial charge in [-0.3, -0.25) is 10.2 Å². The third-order valence-electron chi connectivity index (χ3n) is 10.6. The number of pyridine rings is 4. The Morgan fingerprint density at radius 2 is 1.46 bits per heavy atom. The van der Waals surface area contributed by atoms with Gasteiger partial charge in [-0.25, -0.2) is 34.3 Å². The number of aryl methyl sites for hydroxylation is 2. The molecule has 0 aliphatic carbocycles. The van der Waals surface area contributed by atoms with Crippen LogP contribution in [0.25, 0.3) is 0 Å². The molecule has 0 radical (unpaired) electrons. The maximum absolute atomic E-state index is 13.2. The van der Waals surface area contributed by atoms with Gasteiger partial charge in [0.05, 0.1) is 57.2 Å². The quantitative estimate of drug-likeness (QED) is 0.252. The van der Waals surface area contributed by atoms with Crippen molar-refractivity contribution >= 4 is 52.6 Å². The molecule has 2 amide bonds. The molecule has 4 aromatic rings. The summed E-state index contributed by atoms with van der Waals surface area (Å²) in [4.78, 5) is 59.6. The third-order valence-corrected chi connectivity index (χ3v) is 10.6. The number of hydrogen-bond acceptors (Lipinski definition) is 15. The Balaban J connectivity index is 0.000000136. The highest BCUT2D eigenvalue weighted by Crippen LogP contribution is 2.39. The lowest BCUT2D eigenvalue weighted by atomic mass is 10.1. The van der Waals surface area contributed by atoms with Gasteiger partial charge in [-0.2, -0.15) is 0 Å². The minimum absolute atomic E-state index is 0.0103. The van der Waals surface area contributed by atoms with Crippen LogP contribution in [0.4, 0.5) is 39.4 Å². The van der Waals surface area contributed by atoms with Gasteiger partial charge in [-0.1, -0.05) is 0 Å². The molecular formula is C39H44N10O7. The van der Waals surface area contributed by atoms with Crippen molar-refractivity contribution in [3.8, 4) is 11.5 Å². The minimum atomic E-state index is -0.530. The Morgan fingerprint density at radius 3 is 2.20 bits per heavy atom. The molecule has 6 aliphatic heterocycles. The van der Waals surface area contributed by atoms with E-state index in [9.17, 15) is 14.4 Å². The van der Waals surface area contributed by atoms with Crippen LogP contribution >= 0.6 is 0 Å². The van der Waals surface area contributed by atoms with Gasteiger partial charge < -0.3 is 39.8 Å². The summed E-state index contributed by atoms with van der Waals surface area (Å²) < 4.78 is 20.4. The molecule has 17 nitrogen and oxygen atoms in total. The van der Waals surface area contributed by atoms with Gasteiger partial charge in [-0.05, 0) is 86.1 Å². The molecule has 0 spiro atoms. The van der Waals surface area contributed by atoms with Crippen molar-refractivity contribution in [1.82, 2.24) is 19.9 Å². The molecule has 17 heteroatoms. The number of nitrogens with zero attached hydrogens (tertiary/aromatic N) is 7. The molecular weight excluding hydrogens is 720 g/mol. The number of amides is 2. The van der Waals surface area contributed by atoms with Crippen LogP contribution in [0.5, 0.6) is 11.5 Å². The van der Waals surface area contributed by atoms with Crippen molar-refractivity contribution in [2.45, 2.75) is 50.6 Å². The average molecular weight is 765 g/mol. The lowest BCUT2D eigenvalue weighted by molar-refractivity contribution is 0.0585. The largest absolute Gasteiger partial charge is 0.492 e. The van der Waals surface area contributed by atoms with E-state index in [1.807, 2.05) is 24.3 Å². The summed E-state index contributed by atoms with van der Waals surface area (Å²) in [6.07, 6.45) is 9.30. The third kappa shape index (κ3) is 7.48. The number of rotatable bonds is 3. The highest BCUT2D eigenvalue weighted by molar-refractivity contribution is 6.04. The molecule has 56 heavy (non-hydrogen) atoms. The zero-order valence-corrected chi connectivity index (χ0v) is 31.3. The summed E-state index contributed by atoms with van der Waals surface area (Å²) in [5, 5.41) is 6.24. The van der Waals surface area contributed by atoms with Crippen LogP contribution in [-0.4, -0.2) is 104 Å². The zero-order chi connectivity index (χ0) is 38.8. The zero-order valence-electron chi connectivity index (χ0n) is 31.3. The van der Waals surface area contributed by atoms with Crippen molar-refractivity contribution in [3.05, 3.63) is 71.3 Å². The van der Waals surface area contributed by atoms with E-state index in [0.717, 1.165) is 106 Å². The number of methoxy groups -OCH3 is 2. The highest BCUT2D eigenvalue weighted by Gasteiger charge is 2.41. The van der Waals surface area contributed by atoms with E-state index in [2.05, 4.69) is 45.1 Å². The summed E-state index contributed by atoms with van der Waals surface area (Å²) in [5.74, 6) is 3.07. The Kier molecular flexibility index (Phi) is 10.3. The van der Waals surface area contributed by atoms with Gasteiger partial charge in [0, 0.05) is 32.2 Å². The average Bonchev–Trinajstić information content (AvgIpc) is 3.84. The lowest BCUT2D eigenvalue weighted by Gasteiger charge is -2.35. The fourth-order valence-electron chi connectivity index (χ4n) is 7.78. The van der Waals surface area contributed by atoms with E-state index in [1.165, 1.54) is 19.8 Å². The summed E-state index contributed by atoms with van der Waals surface area (Å²) in [7, 11) is 2.68. The first kappa shape index (κ1) is 36.6. The van der Waals surface area contributed by atoms with Crippen LogP contribution in [0, 0.1) is 0 Å². The van der Waals surface area contributed by atoms with Crippen molar-refractivity contribution in [1.29, 1.82) is 0 Å². The molecule has 10 rings (SSSR count). The molecule has 0 saturated carbocycles. The van der Waals surface area contributed by atoms with Crippen LogP contribution < -0.4 is 40.5 Å². The number of nitrogens with two attached hydrogens (primary N) is 1. The van der Waals surface area contributed by atoms with Crippen LogP contribution in [0.1, 0.15) is 57.8 Å². The van der Waals surface area contributed by atoms with Crippen LogP contribution in [-0.2, 0) is 22.3 Å². The van der Waals surface area contributed by atoms with Gasteiger partial charge in [0.15, 0.2) is 23.0 Å². The smallest absolute Gasteiger partial charge is 0.356 e. The topological polar surface area (TPSA) is 199 Å². The number of carbonyl (C=O) groups excluding carboxylic acids is 3. The van der Waals surface area contributed by atoms with Crippen molar-refractivity contribution in [2.75, 3.05) is 84.7 Å². The molecule has 0 unspecified atom stereocenters. The Morgan fingerprint density at radius 1 is 0.821 bits per heavy atom. The lowest BCUT2D eigenvalue weighted by Crippen LogP contribution is -2.48. The van der Waals surface area contributed by atoms with Crippen LogP contribution in [0.2, 0.25) is 0 Å². The normalized spacial score (nSPS) is 19.0. The summed E-state index contributed by atoms with van der Waals surface area (Å²) in [6.45, 7) is 5.17. The number of urea groups is 1. The maximum atomic E-state index is 13.2. The number of fused-ring (bicyclic) bond motifs is 10. The molecule has 4 N–H and O–H groups in total. The van der Waals surface area contributed by atoms with E-state index in [1.54, 1.807) is 29.4 Å². The SMILES string of the molecule is COC(=O)c1ccc2c(n1)N(C(=O)Nc1cc3c(cn1)OCCC3)[C@H]1CCN2C1.COC(=O)c1ccc2c(n1)N[C@H]1CCN2C1.Nc1cc2c(cn1)OCCC2. The van der Waals surface area contributed by atoms with Gasteiger partial charge >= 0.3 is 18.0 Å². The number of esters is 2. The highest BCUT2D eigenvalue weighted by atomic mass is 16.5. The first-order valence-electron chi connectivity index (χ1n) is 18.8. The number of ether oxygens (including phenoxy) is 4. The number of hydrogen-bond donors (Lipinski definition) is 3. The molecule has 6 aliphatic rings. The van der Waals surface area contributed by atoms with E-state index >= 15 is 0 Å². The fraction of sp³-hybridized carbons (Fsp3) is 0.410. The number of anilines is 6. The van der Waals surface area contributed by atoms with E-state index < -0.39 is 11.9 Å². The number of carbonyl (C=O) groups is 3. The Labute approximate surface area is 323 Å². The van der Waals surface area contributed by atoms with Gasteiger partial charge in [0.25, 0.3) is 0 Å². The molecule has 0 aromatic carbocycles. The van der Waals surface area contributed by atoms with Crippen molar-refractivity contribution in [2.24, 2.45) is 0 Å². The molecule has 292 valence electrons. The van der Waals surface area contributed by atoms with E-state index in [4.69, 9.17) is 19.9 Å². The fourth-order valence-corrected chi connectivity index (χ4v) is 7.78. The summed E-state index contributed by atoms with van der Waals surface area (Å²) in [6, 6.07) is 11.0. The van der Waals surface area contributed by atoms with Crippen molar-refractivity contribution in [3.63, 3.8) is 0 Å². The van der Waals surface area contributed by atoms with Crippen LogP contribution in [0.3, 0.4) is 0 Å². The molecule has 2 fully saturated rings. The van der Waals surface area contributed by atoms with Crippen LogP contribution in [0.15, 0.2) is 48.8 Å². The second-order valence-electron chi connectivity index (χ2n) is 14.1. The number of aromatic nitrogens is 4. The number of nitrogen functional groups attached to an aromatic ring is 1. The predicted octanol–water partition coefficient (Wildman–Crippen LogP) is 4.08. The second kappa shape index (κ2) is 15.8. The second-order valence-corrected chi connectivity index (χ2v) is 14.1. The van der Waals surface area contributed by atoms with Gasteiger partial charge in [-0.15, -0.1) is 0 Å². The van der Waals surface area contributed by atoms with Gasteiger partial charge in [0.2, 0.25) is 0 Å². The Hall–Kier alpha value is -6.39. The van der Waals surface area contributed by atoms with Crippen molar-refractivity contribution < 1.29 is 33.3 Å². The predicted molar refractivity (Wildman–Crippen MR) is 208 cm³/mol. The number of nitrogens with one attached hydrogen (secondary N) is 2.